The minimum atomic E-state index is -0.242. The van der Waals surface area contributed by atoms with Crippen LogP contribution in [0.25, 0.3) is 0 Å². The molecule has 0 aromatic heterocycles. The Labute approximate surface area is 169 Å². The fraction of sp³-hybridized carbons (Fsp3) is 0.667. The molecule has 4 rings (SSSR count). The first-order chi connectivity index (χ1) is 13.3. The van der Waals surface area contributed by atoms with Gasteiger partial charge in [-0.1, -0.05) is 51.5 Å². The Balaban J connectivity index is 0.00000109. The van der Waals surface area contributed by atoms with Gasteiger partial charge in [0.25, 0.3) is 0 Å². The second-order valence-corrected chi connectivity index (χ2v) is 9.10. The van der Waals surface area contributed by atoms with Gasteiger partial charge >= 0.3 is 6.09 Å². The van der Waals surface area contributed by atoms with Crippen LogP contribution in [0.2, 0.25) is 0 Å². The molecule has 1 fully saturated rings. The molecule has 0 heterocycles. The lowest BCUT2D eigenvalue weighted by Crippen LogP contribution is -2.45. The highest BCUT2D eigenvalue weighted by molar-refractivity contribution is 5.92. The predicted molar refractivity (Wildman–Crippen MR) is 112 cm³/mol. The van der Waals surface area contributed by atoms with Crippen molar-refractivity contribution in [3.8, 4) is 0 Å². The fourth-order valence-corrected chi connectivity index (χ4v) is 5.71. The van der Waals surface area contributed by atoms with Crippen molar-refractivity contribution in [1.29, 1.82) is 0 Å². The van der Waals surface area contributed by atoms with E-state index in [4.69, 9.17) is 4.74 Å². The van der Waals surface area contributed by atoms with E-state index in [1.807, 2.05) is 19.9 Å². The maximum atomic E-state index is 12.1. The number of carbonyl (C=O) groups excluding carboxylic acids is 2. The van der Waals surface area contributed by atoms with Crippen molar-refractivity contribution in [1.82, 2.24) is 4.90 Å². The van der Waals surface area contributed by atoms with E-state index in [0.29, 0.717) is 18.3 Å². The van der Waals surface area contributed by atoms with E-state index in [-0.39, 0.29) is 28.8 Å². The summed E-state index contributed by atoms with van der Waals surface area (Å²) in [5, 5.41) is 0. The van der Waals surface area contributed by atoms with Crippen molar-refractivity contribution in [3.63, 3.8) is 0 Å². The molecule has 1 amide bonds. The summed E-state index contributed by atoms with van der Waals surface area (Å²) >= 11 is 0. The summed E-state index contributed by atoms with van der Waals surface area (Å²) in [6, 6.07) is 0. The van der Waals surface area contributed by atoms with Crippen LogP contribution in [0.15, 0.2) is 35.5 Å². The Bertz CT molecular complexity index is 747. The third-order valence-electron chi connectivity index (χ3n) is 7.43. The minimum absolute atomic E-state index is 0.00689. The molecule has 0 saturated heterocycles. The highest BCUT2D eigenvalue weighted by Gasteiger charge is 2.56. The number of hydrogen-bond acceptors (Lipinski definition) is 3. The van der Waals surface area contributed by atoms with Crippen LogP contribution in [0.1, 0.15) is 59.8 Å². The summed E-state index contributed by atoms with van der Waals surface area (Å²) in [6.45, 7) is 8.59. The van der Waals surface area contributed by atoms with Gasteiger partial charge in [-0.2, -0.15) is 0 Å². The predicted octanol–water partition coefficient (Wildman–Crippen LogP) is 5.31. The van der Waals surface area contributed by atoms with E-state index in [1.54, 1.807) is 14.1 Å². The smallest absolute Gasteiger partial charge is 0.409 e. The number of hydrogen-bond donors (Lipinski definition) is 0. The van der Waals surface area contributed by atoms with Crippen LogP contribution in [-0.4, -0.2) is 37.0 Å². The lowest BCUT2D eigenvalue weighted by molar-refractivity contribution is -0.115. The monoisotopic (exact) mass is 385 g/mol. The van der Waals surface area contributed by atoms with Gasteiger partial charge in [0.1, 0.15) is 6.10 Å². The molecule has 0 aromatic rings. The Hall–Kier alpha value is -1.84. The molecule has 4 heteroatoms. The van der Waals surface area contributed by atoms with Gasteiger partial charge < -0.3 is 9.64 Å². The Morgan fingerprint density at radius 2 is 1.93 bits per heavy atom. The second kappa shape index (κ2) is 7.53. The Morgan fingerprint density at radius 1 is 1.21 bits per heavy atom. The van der Waals surface area contributed by atoms with E-state index < -0.39 is 0 Å². The number of amides is 1. The molecule has 4 nitrogen and oxygen atoms in total. The molecule has 0 spiro atoms. The number of fused-ring (bicyclic) bond motifs is 5. The molecule has 0 aliphatic heterocycles. The van der Waals surface area contributed by atoms with Gasteiger partial charge in [-0.15, -0.1) is 0 Å². The van der Waals surface area contributed by atoms with Crippen molar-refractivity contribution < 1.29 is 14.3 Å². The average molecular weight is 386 g/mol. The zero-order valence-corrected chi connectivity index (χ0v) is 18.2. The Morgan fingerprint density at radius 3 is 2.61 bits per heavy atom. The van der Waals surface area contributed by atoms with Crippen molar-refractivity contribution in [2.45, 2.75) is 65.9 Å². The van der Waals surface area contributed by atoms with Gasteiger partial charge in [0.2, 0.25) is 0 Å². The van der Waals surface area contributed by atoms with Crippen molar-refractivity contribution in [2.24, 2.45) is 22.7 Å². The highest BCUT2D eigenvalue weighted by atomic mass is 16.6. The topological polar surface area (TPSA) is 46.6 Å². The van der Waals surface area contributed by atoms with E-state index in [0.717, 1.165) is 25.7 Å². The van der Waals surface area contributed by atoms with Crippen LogP contribution in [-0.2, 0) is 9.53 Å². The fourth-order valence-electron chi connectivity index (χ4n) is 5.71. The molecular formula is C24H35NO3. The van der Waals surface area contributed by atoms with Crippen molar-refractivity contribution in [3.05, 3.63) is 35.5 Å². The molecule has 154 valence electrons. The van der Waals surface area contributed by atoms with Crippen LogP contribution in [0.4, 0.5) is 4.79 Å². The minimum Gasteiger partial charge on any atom is -0.446 e. The summed E-state index contributed by atoms with van der Waals surface area (Å²) in [6.07, 6.45) is 13.0. The van der Waals surface area contributed by atoms with E-state index >= 15 is 0 Å². The zero-order chi connectivity index (χ0) is 20.7. The number of allylic oxidation sites excluding steroid dienone is 6. The summed E-state index contributed by atoms with van der Waals surface area (Å²) in [5.41, 5.74) is 2.65. The highest BCUT2D eigenvalue weighted by Crippen LogP contribution is 2.61. The first-order valence-electron chi connectivity index (χ1n) is 10.8. The molecule has 0 bridgehead atoms. The molecule has 0 aromatic carbocycles. The molecular weight excluding hydrogens is 350 g/mol. The third kappa shape index (κ3) is 3.15. The lowest BCUT2D eigenvalue weighted by atomic mass is 9.54. The number of rotatable bonds is 1. The quantitative estimate of drug-likeness (QED) is 0.575. The van der Waals surface area contributed by atoms with Gasteiger partial charge in [0.15, 0.2) is 5.78 Å². The number of carbonyl (C=O) groups is 2. The first kappa shape index (κ1) is 20.9. The zero-order valence-electron chi connectivity index (χ0n) is 18.2. The van der Waals surface area contributed by atoms with Crippen LogP contribution >= 0.6 is 0 Å². The largest absolute Gasteiger partial charge is 0.446 e. The van der Waals surface area contributed by atoms with Crippen LogP contribution in [0.3, 0.4) is 0 Å². The molecule has 0 N–H and O–H groups in total. The maximum Gasteiger partial charge on any atom is 0.409 e. The van der Waals surface area contributed by atoms with Gasteiger partial charge in [0, 0.05) is 37.3 Å². The normalized spacial score (nSPS) is 38.1. The molecule has 1 saturated carbocycles. The molecule has 5 atom stereocenters. The summed E-state index contributed by atoms with van der Waals surface area (Å²) in [4.78, 5) is 25.5. The Kier molecular flexibility index (Phi) is 5.62. The maximum absolute atomic E-state index is 12.1. The SMILES string of the molecule is CC.CN(C)C(=O)OC1CCC2C3C=CC4=CC(=O)CC[C@]4(C)C3=CC[C@]12C. The van der Waals surface area contributed by atoms with E-state index in [9.17, 15) is 9.59 Å². The molecule has 3 unspecified atom stereocenters. The first-order valence-corrected chi connectivity index (χ1v) is 10.8. The van der Waals surface area contributed by atoms with Gasteiger partial charge in [-0.3, -0.25) is 4.79 Å². The van der Waals surface area contributed by atoms with Crippen LogP contribution in [0.5, 0.6) is 0 Å². The van der Waals surface area contributed by atoms with Gasteiger partial charge in [0.05, 0.1) is 0 Å². The number of nitrogens with zero attached hydrogens (tertiary/aromatic N) is 1. The van der Waals surface area contributed by atoms with Crippen molar-refractivity contribution in [2.75, 3.05) is 14.1 Å². The standard InChI is InChI=1S/C22H29NO3.C2H6/c1-21-11-9-15(24)13-14(21)5-6-16-17-7-8-19(26-20(25)23(3)4)22(17,2)12-10-18(16)21;1-2/h5-6,10,13,16-17,19H,7-9,11-12H2,1-4H3;1-2H3/t16?,17?,19?,21-,22-;/m0./s1. The van der Waals surface area contributed by atoms with Gasteiger partial charge in [-0.05, 0) is 43.3 Å². The van der Waals surface area contributed by atoms with Crippen molar-refractivity contribution >= 4 is 11.9 Å². The van der Waals surface area contributed by atoms with Crippen LogP contribution in [0, 0.1) is 22.7 Å². The second-order valence-electron chi connectivity index (χ2n) is 9.10. The number of ketones is 1. The van der Waals surface area contributed by atoms with Gasteiger partial charge in [-0.25, -0.2) is 4.79 Å². The molecule has 0 radical (unpaired) electrons. The molecule has 28 heavy (non-hydrogen) atoms. The molecule has 4 aliphatic carbocycles. The molecule has 4 aliphatic rings. The number of ether oxygens (including phenoxy) is 1. The van der Waals surface area contributed by atoms with Crippen LogP contribution < -0.4 is 0 Å². The van der Waals surface area contributed by atoms with E-state index in [1.165, 1.54) is 16.0 Å². The summed E-state index contributed by atoms with van der Waals surface area (Å²) in [5.74, 6) is 1.14. The average Bonchev–Trinajstić information content (AvgIpc) is 3.00. The third-order valence-corrected chi connectivity index (χ3v) is 7.43. The summed E-state index contributed by atoms with van der Waals surface area (Å²) < 4.78 is 5.85. The van der Waals surface area contributed by atoms with E-state index in [2.05, 4.69) is 32.1 Å². The lowest BCUT2D eigenvalue weighted by Gasteiger charge is -2.50. The summed E-state index contributed by atoms with van der Waals surface area (Å²) in [7, 11) is 3.47.